The van der Waals surface area contributed by atoms with E-state index in [9.17, 15) is 19.2 Å². The van der Waals surface area contributed by atoms with Crippen LogP contribution in [0.4, 0.5) is 0 Å². The van der Waals surface area contributed by atoms with Crippen LogP contribution < -0.4 is 10.9 Å². The fourth-order valence-electron chi connectivity index (χ4n) is 5.58. The monoisotopic (exact) mass is 598 g/mol. The van der Waals surface area contributed by atoms with Crippen molar-refractivity contribution in [3.8, 4) is 11.4 Å². The van der Waals surface area contributed by atoms with Crippen molar-refractivity contribution in [2.24, 2.45) is 0 Å². The summed E-state index contributed by atoms with van der Waals surface area (Å²) in [5.74, 6) is -0.377. The molecule has 1 amide bonds. The van der Waals surface area contributed by atoms with Gasteiger partial charge in [-0.3, -0.25) is 19.4 Å². The van der Waals surface area contributed by atoms with Crippen molar-refractivity contribution in [3.05, 3.63) is 93.5 Å². The highest BCUT2D eigenvalue weighted by molar-refractivity contribution is 7.99. The van der Waals surface area contributed by atoms with E-state index in [1.165, 1.54) is 5.56 Å². The first-order valence-corrected chi connectivity index (χ1v) is 15.3. The molecule has 0 aliphatic carbocycles. The highest BCUT2D eigenvalue weighted by atomic mass is 32.2. The molecule has 2 aliphatic heterocycles. The van der Waals surface area contributed by atoms with Gasteiger partial charge in [0.2, 0.25) is 11.5 Å². The minimum absolute atomic E-state index is 0.0491. The quantitative estimate of drug-likeness (QED) is 0.190. The van der Waals surface area contributed by atoms with Crippen LogP contribution in [-0.4, -0.2) is 50.4 Å². The molecule has 1 N–H and O–H groups in total. The minimum atomic E-state index is -1.81. The molecular weight excluding hydrogens is 568 g/mol. The van der Waals surface area contributed by atoms with Gasteiger partial charge in [0.15, 0.2) is 0 Å². The molecule has 43 heavy (non-hydrogen) atoms. The predicted molar refractivity (Wildman–Crippen MR) is 161 cm³/mol. The van der Waals surface area contributed by atoms with Crippen molar-refractivity contribution in [2.45, 2.75) is 44.9 Å². The van der Waals surface area contributed by atoms with Crippen molar-refractivity contribution in [2.75, 3.05) is 18.1 Å². The number of fused-ring (bicyclic) bond motifs is 5. The first-order valence-electron chi connectivity index (χ1n) is 14.2. The molecule has 11 heteroatoms. The number of amides is 1. The van der Waals surface area contributed by atoms with Crippen molar-refractivity contribution in [3.63, 3.8) is 0 Å². The number of carbonyl (C=O) groups excluding carboxylic acids is 3. The number of hydrogen-bond acceptors (Lipinski definition) is 9. The smallest absolute Gasteiger partial charge is 0.355 e. The number of hydrogen-bond donors (Lipinski definition) is 1. The Morgan fingerprint density at radius 1 is 1.12 bits per heavy atom. The molecule has 1 atom stereocenters. The van der Waals surface area contributed by atoms with E-state index in [1.807, 2.05) is 42.5 Å². The molecule has 0 unspecified atom stereocenters. The van der Waals surface area contributed by atoms with Crippen LogP contribution in [0.1, 0.15) is 42.0 Å². The Bertz CT molecular complexity index is 1790. The molecule has 4 aromatic rings. The molecule has 2 aliphatic rings. The van der Waals surface area contributed by atoms with Gasteiger partial charge in [-0.2, -0.15) is 11.8 Å². The van der Waals surface area contributed by atoms with Crippen LogP contribution in [0.3, 0.4) is 0 Å². The zero-order chi connectivity index (χ0) is 30.0. The molecular formula is C32H30N4O6S. The molecule has 1 aromatic carbocycles. The van der Waals surface area contributed by atoms with Crippen LogP contribution in [-0.2, 0) is 49.0 Å². The third kappa shape index (κ3) is 5.52. The molecule has 0 saturated carbocycles. The summed E-state index contributed by atoms with van der Waals surface area (Å²) in [5, 5.41) is 3.55. The lowest BCUT2D eigenvalue weighted by Crippen LogP contribution is -2.48. The fraction of sp³-hybridized carbons (Fsp3) is 0.312. The first-order chi connectivity index (χ1) is 20.9. The van der Waals surface area contributed by atoms with Gasteiger partial charge in [-0.15, -0.1) is 0 Å². The standard InChI is InChI=1S/C32H30N4O6S/c1-2-32(42-28(38)17-34-27(37)10-14-43-13-9-20-7-11-33-12-8-20)24-16-26-29-22(15-21-5-3-4-6-25(21)35-29)18-36(26)30(39)23(24)19-41-31(32)40/h3-8,11-12,15-16H,2,9-10,13-14,17-19H2,1H3,(H,34,37)/t32-/m0/s1. The van der Waals surface area contributed by atoms with E-state index in [4.69, 9.17) is 14.5 Å². The summed E-state index contributed by atoms with van der Waals surface area (Å²) in [4.78, 5) is 61.0. The maximum absolute atomic E-state index is 13.6. The molecule has 0 fully saturated rings. The third-order valence-electron chi connectivity index (χ3n) is 7.86. The second-order valence-corrected chi connectivity index (χ2v) is 11.7. The van der Waals surface area contributed by atoms with E-state index in [0.717, 1.165) is 28.6 Å². The number of nitrogens with zero attached hydrogens (tertiary/aromatic N) is 3. The summed E-state index contributed by atoms with van der Waals surface area (Å²) in [6.45, 7) is 1.41. The maximum atomic E-state index is 13.6. The molecule has 0 spiro atoms. The Morgan fingerprint density at radius 2 is 1.93 bits per heavy atom. The average Bonchev–Trinajstić information content (AvgIpc) is 3.38. The minimum Gasteiger partial charge on any atom is -0.457 e. The lowest BCUT2D eigenvalue weighted by atomic mass is 9.85. The predicted octanol–water partition coefficient (Wildman–Crippen LogP) is 3.51. The molecule has 0 saturated heterocycles. The van der Waals surface area contributed by atoms with Crippen molar-refractivity contribution >= 4 is 40.5 Å². The number of pyridine rings is 3. The van der Waals surface area contributed by atoms with Crippen LogP contribution in [0.5, 0.6) is 0 Å². The Kier molecular flexibility index (Phi) is 7.98. The summed E-state index contributed by atoms with van der Waals surface area (Å²) >= 11 is 1.65. The number of ether oxygens (including phenoxy) is 2. The molecule has 5 heterocycles. The average molecular weight is 599 g/mol. The second-order valence-electron chi connectivity index (χ2n) is 10.5. The number of aryl methyl sites for hydroxylation is 1. The molecule has 3 aromatic heterocycles. The van der Waals surface area contributed by atoms with Crippen molar-refractivity contribution < 1.29 is 23.9 Å². The zero-order valence-electron chi connectivity index (χ0n) is 23.6. The number of rotatable bonds is 10. The van der Waals surface area contributed by atoms with Crippen molar-refractivity contribution in [1.29, 1.82) is 0 Å². The van der Waals surface area contributed by atoms with Crippen LogP contribution in [0.25, 0.3) is 22.3 Å². The van der Waals surface area contributed by atoms with Gasteiger partial charge < -0.3 is 19.4 Å². The second kappa shape index (κ2) is 12.0. The molecule has 6 rings (SSSR count). The third-order valence-corrected chi connectivity index (χ3v) is 8.85. The summed E-state index contributed by atoms with van der Waals surface area (Å²) in [7, 11) is 0. The number of esters is 2. The maximum Gasteiger partial charge on any atom is 0.355 e. The fourth-order valence-corrected chi connectivity index (χ4v) is 6.49. The van der Waals surface area contributed by atoms with Gasteiger partial charge >= 0.3 is 11.9 Å². The first kappa shape index (κ1) is 28.6. The number of aromatic nitrogens is 3. The largest absolute Gasteiger partial charge is 0.457 e. The molecule has 0 radical (unpaired) electrons. The van der Waals surface area contributed by atoms with Gasteiger partial charge in [-0.1, -0.05) is 25.1 Å². The highest BCUT2D eigenvalue weighted by Crippen LogP contribution is 2.40. The van der Waals surface area contributed by atoms with Gasteiger partial charge in [0, 0.05) is 41.1 Å². The Labute approximate surface area is 251 Å². The number of thioether (sulfide) groups is 1. The van der Waals surface area contributed by atoms with E-state index in [1.54, 1.807) is 41.7 Å². The van der Waals surface area contributed by atoms with Gasteiger partial charge in [0.25, 0.3) is 5.56 Å². The summed E-state index contributed by atoms with van der Waals surface area (Å²) in [6, 6.07) is 15.4. The normalized spacial score (nSPS) is 16.6. The lowest BCUT2D eigenvalue weighted by Gasteiger charge is -2.35. The van der Waals surface area contributed by atoms with Crippen LogP contribution in [0.15, 0.2) is 65.7 Å². The molecule has 10 nitrogen and oxygen atoms in total. The number of cyclic esters (lactones) is 1. The Balaban J connectivity index is 1.15. The summed E-state index contributed by atoms with van der Waals surface area (Å²) in [5.41, 5.74) is 2.51. The van der Waals surface area contributed by atoms with Crippen LogP contribution >= 0.6 is 11.8 Å². The van der Waals surface area contributed by atoms with Gasteiger partial charge in [-0.05, 0) is 54.5 Å². The van der Waals surface area contributed by atoms with Crippen molar-refractivity contribution in [1.82, 2.24) is 19.9 Å². The van der Waals surface area contributed by atoms with Gasteiger partial charge in [0.1, 0.15) is 13.2 Å². The molecule has 0 bridgehead atoms. The number of benzene rings is 1. The zero-order valence-corrected chi connectivity index (χ0v) is 24.4. The van der Waals surface area contributed by atoms with E-state index in [2.05, 4.69) is 10.3 Å². The lowest BCUT2D eigenvalue weighted by molar-refractivity contribution is -0.189. The van der Waals surface area contributed by atoms with E-state index >= 15 is 0 Å². The molecule has 220 valence electrons. The van der Waals surface area contributed by atoms with Crippen LogP contribution in [0, 0.1) is 0 Å². The topological polar surface area (TPSA) is 129 Å². The number of nitrogens with one attached hydrogen (secondary N) is 1. The summed E-state index contributed by atoms with van der Waals surface area (Å²) in [6.07, 6.45) is 4.67. The van der Waals surface area contributed by atoms with E-state index in [-0.39, 0.29) is 36.5 Å². The Morgan fingerprint density at radius 3 is 2.74 bits per heavy atom. The van der Waals surface area contributed by atoms with Crippen LogP contribution in [0.2, 0.25) is 0 Å². The number of carbonyl (C=O) groups is 3. The van der Waals surface area contributed by atoms with E-state index in [0.29, 0.717) is 29.2 Å². The number of para-hydroxylation sites is 1. The van der Waals surface area contributed by atoms with Gasteiger partial charge in [-0.25, -0.2) is 9.78 Å². The van der Waals surface area contributed by atoms with E-state index < -0.39 is 24.1 Å². The summed E-state index contributed by atoms with van der Waals surface area (Å²) < 4.78 is 12.8. The Hall–Kier alpha value is -4.51. The van der Waals surface area contributed by atoms with Gasteiger partial charge in [0.05, 0.1) is 29.0 Å². The highest BCUT2D eigenvalue weighted by Gasteiger charge is 2.50. The SMILES string of the molecule is CC[C@@]1(OC(=O)CNC(=O)CCSCCc2ccncc2)C(=O)OCc2c1cc1n(c2=O)Cc2cc3ccccc3nc2-1.